The largest absolute Gasteiger partial charge is 0.385 e. The standard InChI is InChI=1S/C24H36FN3O2.ClH/c1-5-20-21-11-10-18(25)15-22(21)27(13-6-7-14-30-4)23(20)24(29)28(17(2)3)19-9-8-12-26-16-19;/h10-11,15,17,19,26H,5-9,12-14,16H2,1-4H3;1H/t19-;/m1./s1. The SMILES string of the molecule is CCc1c(C(=O)N(C(C)C)[C@@H]2CCCNC2)n(CCCCOC)c2cc(F)ccc12.Cl. The maximum absolute atomic E-state index is 14.1. The van der Waals surface area contributed by atoms with Crippen molar-refractivity contribution in [2.45, 2.75) is 71.5 Å². The van der Waals surface area contributed by atoms with Crippen LogP contribution in [0.1, 0.15) is 62.5 Å². The van der Waals surface area contributed by atoms with E-state index in [9.17, 15) is 9.18 Å². The fourth-order valence-electron chi connectivity index (χ4n) is 4.76. The van der Waals surface area contributed by atoms with Gasteiger partial charge < -0.3 is 19.5 Å². The lowest BCUT2D eigenvalue weighted by molar-refractivity contribution is 0.0561. The zero-order valence-corrected chi connectivity index (χ0v) is 20.1. The molecule has 1 aromatic carbocycles. The van der Waals surface area contributed by atoms with Crippen LogP contribution in [0.25, 0.3) is 10.9 Å². The van der Waals surface area contributed by atoms with Gasteiger partial charge in [0.05, 0.1) is 5.52 Å². The number of hydrogen-bond donors (Lipinski definition) is 1. The Morgan fingerprint density at radius 1 is 1.35 bits per heavy atom. The molecule has 174 valence electrons. The van der Waals surface area contributed by atoms with Gasteiger partial charge in [0.25, 0.3) is 5.91 Å². The van der Waals surface area contributed by atoms with Crippen molar-refractivity contribution in [3.63, 3.8) is 0 Å². The van der Waals surface area contributed by atoms with Gasteiger partial charge in [-0.25, -0.2) is 4.39 Å². The quantitative estimate of drug-likeness (QED) is 0.555. The van der Waals surface area contributed by atoms with Crippen molar-refractivity contribution >= 4 is 29.2 Å². The highest BCUT2D eigenvalue weighted by atomic mass is 35.5. The third kappa shape index (κ3) is 5.60. The van der Waals surface area contributed by atoms with Crippen LogP contribution in [0.5, 0.6) is 0 Å². The number of nitrogens with one attached hydrogen (secondary N) is 1. The second-order valence-corrected chi connectivity index (χ2v) is 8.50. The van der Waals surface area contributed by atoms with Crippen LogP contribution in [0, 0.1) is 5.82 Å². The molecule has 1 atom stereocenters. The fourth-order valence-corrected chi connectivity index (χ4v) is 4.76. The van der Waals surface area contributed by atoms with Crippen molar-refractivity contribution in [2.24, 2.45) is 0 Å². The van der Waals surface area contributed by atoms with Gasteiger partial charge in [0.1, 0.15) is 11.5 Å². The summed E-state index contributed by atoms with van der Waals surface area (Å²) >= 11 is 0. The molecule has 1 amide bonds. The summed E-state index contributed by atoms with van der Waals surface area (Å²) in [6.45, 7) is 9.45. The summed E-state index contributed by atoms with van der Waals surface area (Å²) < 4.78 is 21.4. The lowest BCUT2D eigenvalue weighted by Gasteiger charge is -2.38. The zero-order chi connectivity index (χ0) is 21.7. The first-order chi connectivity index (χ1) is 14.5. The van der Waals surface area contributed by atoms with E-state index in [0.717, 1.165) is 67.4 Å². The van der Waals surface area contributed by atoms with E-state index in [1.165, 1.54) is 6.07 Å². The Hall–Kier alpha value is -1.63. The van der Waals surface area contributed by atoms with Crippen molar-refractivity contribution in [1.82, 2.24) is 14.8 Å². The molecule has 3 rings (SSSR count). The molecule has 1 N–H and O–H groups in total. The Morgan fingerprint density at radius 2 is 2.13 bits per heavy atom. The Kier molecular flexibility index (Phi) is 9.79. The molecule has 1 aliphatic heterocycles. The first kappa shape index (κ1) is 25.6. The molecule has 5 nitrogen and oxygen atoms in total. The monoisotopic (exact) mass is 453 g/mol. The van der Waals surface area contributed by atoms with E-state index in [1.807, 2.05) is 11.0 Å². The predicted octanol–water partition coefficient (Wildman–Crippen LogP) is 4.79. The van der Waals surface area contributed by atoms with Gasteiger partial charge in [0, 0.05) is 44.3 Å². The number of rotatable bonds is 9. The van der Waals surface area contributed by atoms with E-state index in [0.29, 0.717) is 13.2 Å². The molecule has 0 bridgehead atoms. The number of fused-ring (bicyclic) bond motifs is 1. The molecule has 0 saturated carbocycles. The molecule has 0 radical (unpaired) electrons. The van der Waals surface area contributed by atoms with Crippen LogP contribution in [0.3, 0.4) is 0 Å². The minimum absolute atomic E-state index is 0. The minimum atomic E-state index is -0.267. The molecule has 1 aromatic heterocycles. The second kappa shape index (κ2) is 11.8. The third-order valence-electron chi connectivity index (χ3n) is 6.12. The number of carbonyl (C=O) groups is 1. The first-order valence-electron chi connectivity index (χ1n) is 11.3. The first-order valence-corrected chi connectivity index (χ1v) is 11.3. The molecule has 2 aromatic rings. The summed E-state index contributed by atoms with van der Waals surface area (Å²) in [6, 6.07) is 5.18. The van der Waals surface area contributed by atoms with Crippen molar-refractivity contribution in [3.05, 3.63) is 35.3 Å². The molecule has 0 spiro atoms. The Labute approximate surface area is 191 Å². The predicted molar refractivity (Wildman–Crippen MR) is 127 cm³/mol. The highest BCUT2D eigenvalue weighted by Crippen LogP contribution is 2.31. The summed E-state index contributed by atoms with van der Waals surface area (Å²) in [6.07, 6.45) is 4.61. The van der Waals surface area contributed by atoms with Crippen LogP contribution in [0.4, 0.5) is 4.39 Å². The van der Waals surface area contributed by atoms with Crippen LogP contribution in [0.15, 0.2) is 18.2 Å². The summed E-state index contributed by atoms with van der Waals surface area (Å²) in [4.78, 5) is 16.0. The van der Waals surface area contributed by atoms with Crippen LogP contribution in [0.2, 0.25) is 0 Å². The van der Waals surface area contributed by atoms with Gasteiger partial charge >= 0.3 is 0 Å². The molecule has 0 aliphatic carbocycles. The number of amides is 1. The van der Waals surface area contributed by atoms with Crippen molar-refractivity contribution < 1.29 is 13.9 Å². The maximum Gasteiger partial charge on any atom is 0.271 e. The van der Waals surface area contributed by atoms with Gasteiger partial charge in [-0.2, -0.15) is 0 Å². The number of hydrogen-bond acceptors (Lipinski definition) is 3. The Bertz CT molecular complexity index is 862. The topological polar surface area (TPSA) is 46.5 Å². The number of unbranched alkanes of at least 4 members (excludes halogenated alkanes) is 1. The lowest BCUT2D eigenvalue weighted by Crippen LogP contribution is -2.52. The number of methoxy groups -OCH3 is 1. The highest BCUT2D eigenvalue weighted by molar-refractivity contribution is 6.02. The summed E-state index contributed by atoms with van der Waals surface area (Å²) in [5.41, 5.74) is 2.57. The molecule has 0 unspecified atom stereocenters. The van der Waals surface area contributed by atoms with E-state index in [4.69, 9.17) is 4.74 Å². The summed E-state index contributed by atoms with van der Waals surface area (Å²) in [7, 11) is 1.70. The van der Waals surface area contributed by atoms with E-state index in [2.05, 4.69) is 30.7 Å². The van der Waals surface area contributed by atoms with E-state index < -0.39 is 0 Å². The summed E-state index contributed by atoms with van der Waals surface area (Å²) in [5.74, 6) is -0.198. The molecular weight excluding hydrogens is 417 g/mol. The Balaban J connectivity index is 0.00000341. The molecular formula is C24H37ClFN3O2. The van der Waals surface area contributed by atoms with E-state index >= 15 is 0 Å². The van der Waals surface area contributed by atoms with Gasteiger partial charge in [0.15, 0.2) is 0 Å². The molecule has 1 fully saturated rings. The van der Waals surface area contributed by atoms with Crippen LogP contribution < -0.4 is 5.32 Å². The number of halogens is 2. The van der Waals surface area contributed by atoms with Crippen LogP contribution in [-0.4, -0.2) is 54.3 Å². The molecule has 1 aliphatic rings. The number of nitrogens with zero attached hydrogens (tertiary/aromatic N) is 2. The fraction of sp³-hybridized carbons (Fsp3) is 0.625. The van der Waals surface area contributed by atoms with Gasteiger partial charge in [-0.3, -0.25) is 4.79 Å². The maximum atomic E-state index is 14.1. The number of carbonyl (C=O) groups excluding carboxylic acids is 1. The average molecular weight is 454 g/mol. The third-order valence-corrected chi connectivity index (χ3v) is 6.12. The normalized spacial score (nSPS) is 16.5. The molecule has 2 heterocycles. The van der Waals surface area contributed by atoms with Gasteiger partial charge in [-0.05, 0) is 76.3 Å². The van der Waals surface area contributed by atoms with E-state index in [-0.39, 0.29) is 36.2 Å². The van der Waals surface area contributed by atoms with Crippen LogP contribution >= 0.6 is 12.4 Å². The lowest BCUT2D eigenvalue weighted by atomic mass is 10.0. The number of aryl methyl sites for hydroxylation is 2. The molecule has 31 heavy (non-hydrogen) atoms. The minimum Gasteiger partial charge on any atom is -0.385 e. The van der Waals surface area contributed by atoms with Gasteiger partial charge in [0.2, 0.25) is 0 Å². The van der Waals surface area contributed by atoms with Crippen molar-refractivity contribution in [1.29, 1.82) is 0 Å². The second-order valence-electron chi connectivity index (χ2n) is 8.50. The molecule has 7 heteroatoms. The van der Waals surface area contributed by atoms with Crippen molar-refractivity contribution in [2.75, 3.05) is 26.8 Å². The number of piperidine rings is 1. The molecule has 1 saturated heterocycles. The van der Waals surface area contributed by atoms with Gasteiger partial charge in [-0.1, -0.05) is 6.92 Å². The van der Waals surface area contributed by atoms with Crippen molar-refractivity contribution in [3.8, 4) is 0 Å². The van der Waals surface area contributed by atoms with Crippen LogP contribution in [-0.2, 0) is 17.7 Å². The zero-order valence-electron chi connectivity index (χ0n) is 19.2. The average Bonchev–Trinajstić information content (AvgIpc) is 3.04. The number of ether oxygens (including phenoxy) is 1. The van der Waals surface area contributed by atoms with Gasteiger partial charge in [-0.15, -0.1) is 12.4 Å². The smallest absolute Gasteiger partial charge is 0.271 e. The highest BCUT2D eigenvalue weighted by Gasteiger charge is 2.32. The summed E-state index contributed by atoms with van der Waals surface area (Å²) in [5, 5.41) is 4.42. The number of aromatic nitrogens is 1. The van der Waals surface area contributed by atoms with E-state index in [1.54, 1.807) is 13.2 Å². The number of benzene rings is 1. The Morgan fingerprint density at radius 3 is 2.74 bits per heavy atom.